The molecule has 1 N–H and O–H groups in total. The number of carbonyl (C=O) groups excluding carboxylic acids is 1. The van der Waals surface area contributed by atoms with E-state index in [9.17, 15) is 13.2 Å². The summed E-state index contributed by atoms with van der Waals surface area (Å²) in [5, 5.41) is 2.88. The minimum Gasteiger partial charge on any atom is -0.353 e. The third kappa shape index (κ3) is 4.13. The lowest BCUT2D eigenvalue weighted by molar-refractivity contribution is 0.193. The maximum atomic E-state index is 12.2. The molecule has 0 spiro atoms. The van der Waals surface area contributed by atoms with E-state index in [1.165, 1.54) is 0 Å². The zero-order valence-electron chi connectivity index (χ0n) is 13.0. The summed E-state index contributed by atoms with van der Waals surface area (Å²) < 4.78 is 22.8. The fourth-order valence-corrected chi connectivity index (χ4v) is 4.92. The Labute approximate surface area is 136 Å². The maximum Gasteiger partial charge on any atom is 0.317 e. The second-order valence-corrected chi connectivity index (χ2v) is 8.35. The Bertz CT molecular complexity index is 642. The van der Waals surface area contributed by atoms with Crippen LogP contribution in [0.1, 0.15) is 6.42 Å². The molecule has 2 fully saturated rings. The molecule has 23 heavy (non-hydrogen) atoms. The van der Waals surface area contributed by atoms with E-state index in [0.717, 1.165) is 18.9 Å². The number of pyridine rings is 1. The van der Waals surface area contributed by atoms with Gasteiger partial charge < -0.3 is 15.1 Å². The highest BCUT2D eigenvalue weighted by Gasteiger charge is 2.29. The summed E-state index contributed by atoms with van der Waals surface area (Å²) in [5.41, 5.74) is 0. The number of hydrogen-bond donors (Lipinski definition) is 1. The summed E-state index contributed by atoms with van der Waals surface area (Å²) in [6.45, 7) is 3.24. The van der Waals surface area contributed by atoms with Crippen molar-refractivity contribution in [2.45, 2.75) is 6.42 Å². The monoisotopic (exact) mass is 338 g/mol. The lowest BCUT2D eigenvalue weighted by Crippen LogP contribution is -2.52. The van der Waals surface area contributed by atoms with E-state index in [-0.39, 0.29) is 23.5 Å². The molecule has 3 heterocycles. The average Bonchev–Trinajstić information content (AvgIpc) is 2.93. The predicted molar refractivity (Wildman–Crippen MR) is 88.2 cm³/mol. The molecule has 8 heteroatoms. The molecule has 0 bridgehead atoms. The number of nitrogens with zero attached hydrogens (tertiary/aromatic N) is 3. The van der Waals surface area contributed by atoms with Crippen molar-refractivity contribution in [1.29, 1.82) is 0 Å². The van der Waals surface area contributed by atoms with Gasteiger partial charge in [0.15, 0.2) is 9.84 Å². The van der Waals surface area contributed by atoms with Crippen LogP contribution in [0.25, 0.3) is 0 Å². The number of rotatable bonds is 3. The third-order valence-electron chi connectivity index (χ3n) is 4.41. The van der Waals surface area contributed by atoms with Gasteiger partial charge in [-0.3, -0.25) is 0 Å². The molecular weight excluding hydrogens is 316 g/mol. The van der Waals surface area contributed by atoms with Crippen LogP contribution in [0.4, 0.5) is 10.6 Å². The number of hydrogen-bond acceptors (Lipinski definition) is 5. The van der Waals surface area contributed by atoms with Gasteiger partial charge in [0.1, 0.15) is 5.82 Å². The molecule has 2 aliphatic rings. The highest BCUT2D eigenvalue weighted by atomic mass is 32.2. The molecule has 2 amide bonds. The van der Waals surface area contributed by atoms with Crippen molar-refractivity contribution in [1.82, 2.24) is 15.2 Å². The molecule has 1 aromatic heterocycles. The van der Waals surface area contributed by atoms with E-state index in [1.54, 1.807) is 11.1 Å². The van der Waals surface area contributed by atoms with E-state index in [4.69, 9.17) is 0 Å². The Hall–Kier alpha value is -1.83. The standard InChI is InChI=1S/C15H22N4O3S/c20-15(17-11-13-4-10-23(21,22)12-13)19-8-6-18(7-9-19)14-3-1-2-5-16-14/h1-3,5,13H,4,6-12H2,(H,17,20). The smallest absolute Gasteiger partial charge is 0.317 e. The van der Waals surface area contributed by atoms with Gasteiger partial charge in [0.2, 0.25) is 0 Å². The topological polar surface area (TPSA) is 82.6 Å². The zero-order chi connectivity index (χ0) is 16.3. The molecule has 7 nitrogen and oxygen atoms in total. The van der Waals surface area contributed by atoms with Gasteiger partial charge in [-0.05, 0) is 24.5 Å². The third-order valence-corrected chi connectivity index (χ3v) is 6.25. The largest absolute Gasteiger partial charge is 0.353 e. The maximum absolute atomic E-state index is 12.2. The van der Waals surface area contributed by atoms with Gasteiger partial charge in [-0.1, -0.05) is 6.07 Å². The molecule has 1 atom stereocenters. The van der Waals surface area contributed by atoms with Crippen LogP contribution in [0.2, 0.25) is 0 Å². The molecule has 0 radical (unpaired) electrons. The number of carbonyl (C=O) groups is 1. The summed E-state index contributed by atoms with van der Waals surface area (Å²) >= 11 is 0. The highest BCUT2D eigenvalue weighted by Crippen LogP contribution is 2.17. The molecule has 2 saturated heterocycles. The van der Waals surface area contributed by atoms with Gasteiger partial charge in [0, 0.05) is 38.9 Å². The van der Waals surface area contributed by atoms with Crippen molar-refractivity contribution in [3.05, 3.63) is 24.4 Å². The van der Waals surface area contributed by atoms with Gasteiger partial charge in [0.25, 0.3) is 0 Å². The Morgan fingerprint density at radius 3 is 2.65 bits per heavy atom. The van der Waals surface area contributed by atoms with E-state index >= 15 is 0 Å². The Kier molecular flexibility index (Phi) is 4.70. The van der Waals surface area contributed by atoms with Gasteiger partial charge in [-0.2, -0.15) is 0 Å². The first-order valence-corrected chi connectivity index (χ1v) is 9.75. The van der Waals surface area contributed by atoms with Gasteiger partial charge in [-0.15, -0.1) is 0 Å². The number of anilines is 1. The van der Waals surface area contributed by atoms with Crippen molar-refractivity contribution in [3.8, 4) is 0 Å². The number of amides is 2. The fourth-order valence-electron chi connectivity index (χ4n) is 3.06. The molecule has 1 aromatic rings. The van der Waals surface area contributed by atoms with E-state index < -0.39 is 9.84 Å². The Morgan fingerprint density at radius 2 is 2.04 bits per heavy atom. The van der Waals surface area contributed by atoms with Crippen LogP contribution in [-0.2, 0) is 9.84 Å². The summed E-state index contributed by atoms with van der Waals surface area (Å²) in [6.07, 6.45) is 2.42. The van der Waals surface area contributed by atoms with Crippen LogP contribution in [0.3, 0.4) is 0 Å². The van der Waals surface area contributed by atoms with Crippen molar-refractivity contribution >= 4 is 21.7 Å². The number of urea groups is 1. The predicted octanol–water partition coefficient (Wildman–Crippen LogP) is 0.348. The first kappa shape index (κ1) is 16.0. The quantitative estimate of drug-likeness (QED) is 0.860. The molecular formula is C15H22N4O3S. The number of nitrogens with one attached hydrogen (secondary N) is 1. The van der Waals surface area contributed by atoms with Crippen LogP contribution in [0.5, 0.6) is 0 Å². The normalized spacial score (nSPS) is 23.7. The van der Waals surface area contributed by atoms with E-state index in [1.807, 2.05) is 18.2 Å². The molecule has 0 saturated carbocycles. The number of aromatic nitrogens is 1. The second kappa shape index (κ2) is 6.74. The van der Waals surface area contributed by atoms with Crippen molar-refractivity contribution < 1.29 is 13.2 Å². The molecule has 3 rings (SSSR count). The van der Waals surface area contributed by atoms with Crippen LogP contribution in [0, 0.1) is 5.92 Å². The first-order chi connectivity index (χ1) is 11.0. The Balaban J connectivity index is 1.43. The summed E-state index contributed by atoms with van der Waals surface area (Å²) in [6, 6.07) is 5.71. The highest BCUT2D eigenvalue weighted by molar-refractivity contribution is 7.91. The first-order valence-electron chi connectivity index (χ1n) is 7.93. The second-order valence-electron chi connectivity index (χ2n) is 6.12. The van der Waals surface area contributed by atoms with Gasteiger partial charge >= 0.3 is 6.03 Å². The molecule has 1 unspecified atom stereocenters. The van der Waals surface area contributed by atoms with Gasteiger partial charge in [-0.25, -0.2) is 18.2 Å². The van der Waals surface area contributed by atoms with Crippen LogP contribution < -0.4 is 10.2 Å². The number of sulfone groups is 1. The Morgan fingerprint density at radius 1 is 1.26 bits per heavy atom. The van der Waals surface area contributed by atoms with Crippen molar-refractivity contribution in [2.24, 2.45) is 5.92 Å². The van der Waals surface area contributed by atoms with Crippen LogP contribution in [-0.4, -0.2) is 68.6 Å². The zero-order valence-corrected chi connectivity index (χ0v) is 13.8. The summed E-state index contributed by atoms with van der Waals surface area (Å²) in [5.74, 6) is 1.43. The van der Waals surface area contributed by atoms with Crippen molar-refractivity contribution in [2.75, 3.05) is 49.1 Å². The minimum atomic E-state index is -2.88. The van der Waals surface area contributed by atoms with Crippen molar-refractivity contribution in [3.63, 3.8) is 0 Å². The SMILES string of the molecule is O=C(NCC1CCS(=O)(=O)C1)N1CCN(c2ccccn2)CC1. The summed E-state index contributed by atoms with van der Waals surface area (Å²) in [7, 11) is -2.88. The molecule has 0 aliphatic carbocycles. The lowest BCUT2D eigenvalue weighted by atomic mass is 10.1. The van der Waals surface area contributed by atoms with Crippen LogP contribution in [0.15, 0.2) is 24.4 Å². The van der Waals surface area contributed by atoms with Crippen LogP contribution >= 0.6 is 0 Å². The van der Waals surface area contributed by atoms with Gasteiger partial charge in [0.05, 0.1) is 11.5 Å². The molecule has 2 aliphatic heterocycles. The fraction of sp³-hybridized carbons (Fsp3) is 0.600. The van der Waals surface area contributed by atoms with E-state index in [2.05, 4.69) is 15.2 Å². The van der Waals surface area contributed by atoms with E-state index in [0.29, 0.717) is 26.1 Å². The average molecular weight is 338 g/mol. The number of piperazine rings is 1. The minimum absolute atomic E-state index is 0.0544. The molecule has 126 valence electrons. The molecule has 0 aromatic carbocycles. The summed E-state index contributed by atoms with van der Waals surface area (Å²) in [4.78, 5) is 20.5. The lowest BCUT2D eigenvalue weighted by Gasteiger charge is -2.35.